The maximum absolute atomic E-state index is 11.8. The molecule has 0 saturated heterocycles. The summed E-state index contributed by atoms with van der Waals surface area (Å²) in [6.07, 6.45) is -2.32. The highest BCUT2D eigenvalue weighted by Gasteiger charge is 2.36. The fourth-order valence-corrected chi connectivity index (χ4v) is 2.36. The van der Waals surface area contributed by atoms with Crippen LogP contribution in [-0.4, -0.2) is 75.4 Å². The Morgan fingerprint density at radius 3 is 2.00 bits per heavy atom. The summed E-state index contributed by atoms with van der Waals surface area (Å²) in [4.78, 5) is 11.8. The van der Waals surface area contributed by atoms with E-state index >= 15 is 0 Å². The molecule has 0 aliphatic heterocycles. The first-order valence-corrected chi connectivity index (χ1v) is 8.44. The number of ketones is 1. The Labute approximate surface area is 138 Å². The fourth-order valence-electron chi connectivity index (χ4n) is 2.36. The van der Waals surface area contributed by atoms with Crippen LogP contribution in [0.4, 0.5) is 0 Å². The van der Waals surface area contributed by atoms with Crippen molar-refractivity contribution in [1.82, 2.24) is 5.32 Å². The average molecular weight is 335 g/mol. The molecule has 7 heteroatoms. The van der Waals surface area contributed by atoms with Crippen LogP contribution in [0.3, 0.4) is 0 Å². The first-order chi connectivity index (χ1) is 10.9. The van der Waals surface area contributed by atoms with E-state index in [2.05, 4.69) is 12.2 Å². The molecule has 0 aromatic heterocycles. The molecular weight excluding hydrogens is 302 g/mol. The summed E-state index contributed by atoms with van der Waals surface area (Å²) in [5.41, 5.74) is 0. The van der Waals surface area contributed by atoms with Gasteiger partial charge in [-0.2, -0.15) is 0 Å². The van der Waals surface area contributed by atoms with Crippen molar-refractivity contribution in [3.05, 3.63) is 0 Å². The van der Waals surface area contributed by atoms with E-state index in [1.54, 1.807) is 7.05 Å². The topological polar surface area (TPSA) is 130 Å². The SMILES string of the molecule is CCCCCCCCC(=O)C(O)C(O)C(O)C(O)C(O)CNC. The van der Waals surface area contributed by atoms with Gasteiger partial charge < -0.3 is 30.8 Å². The highest BCUT2D eigenvalue weighted by molar-refractivity contribution is 5.83. The number of carbonyl (C=O) groups is 1. The lowest BCUT2D eigenvalue weighted by molar-refractivity contribution is -0.152. The van der Waals surface area contributed by atoms with Gasteiger partial charge in [-0.05, 0) is 13.5 Å². The minimum atomic E-state index is -1.83. The van der Waals surface area contributed by atoms with Gasteiger partial charge in [0, 0.05) is 13.0 Å². The normalized spacial score (nSPS) is 18.2. The molecule has 0 saturated carbocycles. The number of unbranched alkanes of at least 4 members (excludes halogenated alkanes) is 5. The Morgan fingerprint density at radius 2 is 1.43 bits per heavy atom. The largest absolute Gasteiger partial charge is 0.389 e. The first kappa shape index (κ1) is 22.4. The lowest BCUT2D eigenvalue weighted by Crippen LogP contribution is -2.52. The van der Waals surface area contributed by atoms with E-state index in [1.165, 1.54) is 0 Å². The second-order valence-electron chi connectivity index (χ2n) is 6.03. The molecule has 0 aliphatic carbocycles. The average Bonchev–Trinajstić information content (AvgIpc) is 2.55. The van der Waals surface area contributed by atoms with Crippen LogP contribution in [0.1, 0.15) is 51.9 Å². The fraction of sp³-hybridized carbons (Fsp3) is 0.938. The minimum Gasteiger partial charge on any atom is -0.389 e. The third-order valence-electron chi connectivity index (χ3n) is 3.94. The summed E-state index contributed by atoms with van der Waals surface area (Å²) in [6.45, 7) is 2.13. The van der Waals surface area contributed by atoms with Crippen LogP contribution in [-0.2, 0) is 4.79 Å². The number of hydrogen-bond acceptors (Lipinski definition) is 7. The zero-order chi connectivity index (χ0) is 17.8. The van der Waals surface area contributed by atoms with Crippen LogP contribution in [0.5, 0.6) is 0 Å². The van der Waals surface area contributed by atoms with Crippen molar-refractivity contribution in [2.45, 2.75) is 82.4 Å². The molecule has 5 atom stereocenters. The van der Waals surface area contributed by atoms with E-state index in [-0.39, 0.29) is 13.0 Å². The van der Waals surface area contributed by atoms with E-state index < -0.39 is 36.3 Å². The summed E-state index contributed by atoms with van der Waals surface area (Å²) in [7, 11) is 1.55. The molecule has 7 nitrogen and oxygen atoms in total. The molecule has 0 rings (SSSR count). The van der Waals surface area contributed by atoms with Gasteiger partial charge in [-0.15, -0.1) is 0 Å². The highest BCUT2D eigenvalue weighted by atomic mass is 16.4. The zero-order valence-electron chi connectivity index (χ0n) is 14.2. The van der Waals surface area contributed by atoms with Crippen LogP contribution in [0.25, 0.3) is 0 Å². The number of Topliss-reactive ketones (excluding diaryl/α,β-unsaturated/α-hetero) is 1. The smallest absolute Gasteiger partial charge is 0.164 e. The van der Waals surface area contributed by atoms with Crippen LogP contribution in [0, 0.1) is 0 Å². The molecule has 0 amide bonds. The van der Waals surface area contributed by atoms with Crippen LogP contribution in [0.2, 0.25) is 0 Å². The molecule has 23 heavy (non-hydrogen) atoms. The zero-order valence-corrected chi connectivity index (χ0v) is 14.2. The molecule has 0 fully saturated rings. The van der Waals surface area contributed by atoms with E-state index in [9.17, 15) is 30.3 Å². The predicted molar refractivity (Wildman–Crippen MR) is 87.0 cm³/mol. The number of carbonyl (C=O) groups excluding carboxylic acids is 1. The Bertz CT molecular complexity index is 315. The van der Waals surface area contributed by atoms with Gasteiger partial charge in [-0.25, -0.2) is 0 Å². The van der Waals surface area contributed by atoms with Crippen molar-refractivity contribution in [1.29, 1.82) is 0 Å². The van der Waals surface area contributed by atoms with Gasteiger partial charge >= 0.3 is 0 Å². The van der Waals surface area contributed by atoms with Gasteiger partial charge in [0.1, 0.15) is 24.4 Å². The van der Waals surface area contributed by atoms with Crippen molar-refractivity contribution in [2.75, 3.05) is 13.6 Å². The molecule has 5 unspecified atom stereocenters. The summed E-state index contributed by atoms with van der Waals surface area (Å²) < 4.78 is 0. The Morgan fingerprint density at radius 1 is 0.870 bits per heavy atom. The molecule has 0 bridgehead atoms. The van der Waals surface area contributed by atoms with E-state index in [0.29, 0.717) is 6.42 Å². The van der Waals surface area contributed by atoms with Crippen molar-refractivity contribution in [3.8, 4) is 0 Å². The number of nitrogens with one attached hydrogen (secondary N) is 1. The number of aliphatic hydroxyl groups is 5. The number of rotatable bonds is 14. The molecule has 6 N–H and O–H groups in total. The van der Waals surface area contributed by atoms with Crippen molar-refractivity contribution in [3.63, 3.8) is 0 Å². The minimum absolute atomic E-state index is 0.00669. The van der Waals surface area contributed by atoms with E-state index in [4.69, 9.17) is 0 Å². The molecule has 0 heterocycles. The summed E-state index contributed by atoms with van der Waals surface area (Å²) >= 11 is 0. The molecule has 0 radical (unpaired) electrons. The number of likely N-dealkylation sites (N-methyl/N-ethyl adjacent to an activating group) is 1. The van der Waals surface area contributed by atoms with Crippen LogP contribution >= 0.6 is 0 Å². The lowest BCUT2D eigenvalue weighted by atomic mass is 9.95. The van der Waals surface area contributed by atoms with E-state index in [0.717, 1.165) is 32.1 Å². The Balaban J connectivity index is 4.19. The Kier molecular flexibility index (Phi) is 12.5. The van der Waals surface area contributed by atoms with E-state index in [1.807, 2.05) is 0 Å². The molecular formula is C16H33NO6. The van der Waals surface area contributed by atoms with Gasteiger partial charge in [0.15, 0.2) is 5.78 Å². The molecule has 0 spiro atoms. The molecule has 0 aliphatic rings. The lowest BCUT2D eigenvalue weighted by Gasteiger charge is -2.28. The maximum atomic E-state index is 11.8. The van der Waals surface area contributed by atoms with Crippen molar-refractivity contribution < 1.29 is 30.3 Å². The standard InChI is InChI=1S/C16H33NO6/c1-3-4-5-6-7-8-9-11(18)13(20)15(22)16(23)14(21)12(19)10-17-2/h12-17,19-23H,3-10H2,1-2H3. The second-order valence-corrected chi connectivity index (χ2v) is 6.03. The van der Waals surface area contributed by atoms with Crippen LogP contribution < -0.4 is 5.32 Å². The highest BCUT2D eigenvalue weighted by Crippen LogP contribution is 2.13. The number of aliphatic hydroxyl groups excluding tert-OH is 5. The number of hydrogen-bond donors (Lipinski definition) is 6. The second kappa shape index (κ2) is 12.8. The quantitative estimate of drug-likeness (QED) is 0.232. The molecule has 0 aromatic carbocycles. The van der Waals surface area contributed by atoms with Crippen molar-refractivity contribution >= 4 is 5.78 Å². The monoisotopic (exact) mass is 335 g/mol. The summed E-state index contributed by atoms with van der Waals surface area (Å²) in [6, 6.07) is 0. The molecule has 138 valence electrons. The van der Waals surface area contributed by atoms with Gasteiger partial charge in [0.05, 0.1) is 6.10 Å². The van der Waals surface area contributed by atoms with Gasteiger partial charge in [-0.3, -0.25) is 4.79 Å². The van der Waals surface area contributed by atoms with Gasteiger partial charge in [0.2, 0.25) is 0 Å². The van der Waals surface area contributed by atoms with Crippen LogP contribution in [0.15, 0.2) is 0 Å². The maximum Gasteiger partial charge on any atom is 0.164 e. The third kappa shape index (κ3) is 8.74. The summed E-state index contributed by atoms with van der Waals surface area (Å²) in [5.74, 6) is -0.567. The Hall–Kier alpha value is -0.570. The van der Waals surface area contributed by atoms with Gasteiger partial charge in [0.25, 0.3) is 0 Å². The predicted octanol–water partition coefficient (Wildman–Crippen LogP) is -0.670. The molecule has 0 aromatic rings. The first-order valence-electron chi connectivity index (χ1n) is 8.44. The summed E-state index contributed by atoms with van der Waals surface area (Å²) in [5, 5.41) is 51.2. The van der Waals surface area contributed by atoms with Crippen molar-refractivity contribution in [2.24, 2.45) is 0 Å². The van der Waals surface area contributed by atoms with Gasteiger partial charge in [-0.1, -0.05) is 39.0 Å². The third-order valence-corrected chi connectivity index (χ3v) is 3.94.